The van der Waals surface area contributed by atoms with Crippen molar-refractivity contribution >= 4 is 29.9 Å². The first-order valence-corrected chi connectivity index (χ1v) is 9.05. The first-order valence-electron chi connectivity index (χ1n) is 9.05. The predicted octanol–water partition coefficient (Wildman–Crippen LogP) is 3.24. The number of benzene rings is 1. The van der Waals surface area contributed by atoms with Gasteiger partial charge in [0.05, 0.1) is 13.7 Å². The molecule has 0 spiro atoms. The number of hydrogen-bond acceptors (Lipinski definition) is 4. The summed E-state index contributed by atoms with van der Waals surface area (Å²) in [6, 6.07) is 6.10. The molecule has 0 unspecified atom stereocenters. The lowest BCUT2D eigenvalue weighted by atomic mass is 10.1. The van der Waals surface area contributed by atoms with E-state index >= 15 is 0 Å². The summed E-state index contributed by atoms with van der Waals surface area (Å²) in [5.74, 6) is 2.45. The first-order chi connectivity index (χ1) is 12.2. The lowest BCUT2D eigenvalue weighted by molar-refractivity contribution is 0.195. The van der Waals surface area contributed by atoms with Crippen LogP contribution < -0.4 is 20.1 Å². The molecule has 1 aromatic carbocycles. The monoisotopic (exact) mass is 479 g/mol. The normalized spacial score (nSPS) is 10.8. The molecule has 0 saturated heterocycles. The lowest BCUT2D eigenvalue weighted by Crippen LogP contribution is -2.38. The van der Waals surface area contributed by atoms with Crippen molar-refractivity contribution in [3.8, 4) is 11.5 Å². The standard InChI is InChI=1S/C19H33N3O3.HI/c1-5-20-19(22-13-8-14-23-3)21-12-7-9-16-10-11-17(24-4)18(15-16)25-6-2;/h10-11,15H,5-9,12-14H2,1-4H3,(H2,20,21,22);1H. The second-order valence-corrected chi connectivity index (χ2v) is 5.56. The van der Waals surface area contributed by atoms with Gasteiger partial charge in [0.25, 0.3) is 0 Å². The van der Waals surface area contributed by atoms with E-state index in [0.717, 1.165) is 63.0 Å². The number of rotatable bonds is 12. The van der Waals surface area contributed by atoms with Crippen LogP contribution in [0.1, 0.15) is 32.3 Å². The Hall–Kier alpha value is -1.22. The second kappa shape index (κ2) is 16.0. The summed E-state index contributed by atoms with van der Waals surface area (Å²) in [4.78, 5) is 4.62. The molecule has 1 rings (SSSR count). The van der Waals surface area contributed by atoms with Crippen molar-refractivity contribution in [3.05, 3.63) is 23.8 Å². The summed E-state index contributed by atoms with van der Waals surface area (Å²) >= 11 is 0. The van der Waals surface area contributed by atoms with Crippen LogP contribution in [-0.2, 0) is 11.2 Å². The van der Waals surface area contributed by atoms with Crippen molar-refractivity contribution in [1.29, 1.82) is 0 Å². The van der Waals surface area contributed by atoms with Crippen molar-refractivity contribution in [2.75, 3.05) is 47.1 Å². The highest BCUT2D eigenvalue weighted by Crippen LogP contribution is 2.28. The van der Waals surface area contributed by atoms with Crippen LogP contribution in [0.2, 0.25) is 0 Å². The van der Waals surface area contributed by atoms with Gasteiger partial charge in [-0.2, -0.15) is 0 Å². The van der Waals surface area contributed by atoms with E-state index in [4.69, 9.17) is 14.2 Å². The lowest BCUT2D eigenvalue weighted by Gasteiger charge is -2.12. The zero-order chi connectivity index (χ0) is 18.3. The number of aryl methyl sites for hydroxylation is 1. The molecule has 0 aliphatic carbocycles. The Labute approximate surface area is 175 Å². The van der Waals surface area contributed by atoms with Crippen molar-refractivity contribution in [1.82, 2.24) is 10.6 Å². The molecule has 0 fully saturated rings. The van der Waals surface area contributed by atoms with Gasteiger partial charge in [0, 0.05) is 33.4 Å². The number of guanidine groups is 1. The Morgan fingerprint density at radius 2 is 1.88 bits per heavy atom. The highest BCUT2D eigenvalue weighted by molar-refractivity contribution is 14.0. The number of nitrogens with one attached hydrogen (secondary N) is 2. The molecule has 1 aromatic rings. The van der Waals surface area contributed by atoms with E-state index in [1.54, 1.807) is 14.2 Å². The Morgan fingerprint density at radius 3 is 2.54 bits per heavy atom. The van der Waals surface area contributed by atoms with E-state index in [1.807, 2.05) is 13.0 Å². The van der Waals surface area contributed by atoms with E-state index in [0.29, 0.717) is 6.61 Å². The number of ether oxygens (including phenoxy) is 3. The van der Waals surface area contributed by atoms with E-state index in [1.165, 1.54) is 5.56 Å². The molecule has 0 atom stereocenters. The summed E-state index contributed by atoms with van der Waals surface area (Å²) in [5, 5.41) is 6.58. The van der Waals surface area contributed by atoms with Gasteiger partial charge in [-0.25, -0.2) is 0 Å². The minimum absolute atomic E-state index is 0. The van der Waals surface area contributed by atoms with Gasteiger partial charge in [-0.1, -0.05) is 6.07 Å². The summed E-state index contributed by atoms with van der Waals surface area (Å²) in [5.41, 5.74) is 1.23. The van der Waals surface area contributed by atoms with Crippen LogP contribution in [0.4, 0.5) is 0 Å². The van der Waals surface area contributed by atoms with E-state index in [9.17, 15) is 0 Å². The minimum atomic E-state index is 0. The Balaban J connectivity index is 0.00000625. The molecule has 0 radical (unpaired) electrons. The molecule has 0 bridgehead atoms. The number of hydrogen-bond donors (Lipinski definition) is 2. The molecule has 0 aromatic heterocycles. The maximum Gasteiger partial charge on any atom is 0.191 e. The Bertz CT molecular complexity index is 513. The molecule has 0 heterocycles. The zero-order valence-electron chi connectivity index (χ0n) is 16.5. The van der Waals surface area contributed by atoms with Gasteiger partial charge < -0.3 is 24.8 Å². The second-order valence-electron chi connectivity index (χ2n) is 5.56. The molecule has 0 aliphatic rings. The maximum absolute atomic E-state index is 5.63. The van der Waals surface area contributed by atoms with Gasteiger partial charge in [0.2, 0.25) is 0 Å². The predicted molar refractivity (Wildman–Crippen MR) is 118 cm³/mol. The third-order valence-corrected chi connectivity index (χ3v) is 3.58. The van der Waals surface area contributed by atoms with E-state index in [2.05, 4.69) is 34.7 Å². The van der Waals surface area contributed by atoms with Gasteiger partial charge in [0.15, 0.2) is 17.5 Å². The number of nitrogens with zero attached hydrogens (tertiary/aromatic N) is 1. The highest BCUT2D eigenvalue weighted by atomic mass is 127. The van der Waals surface area contributed by atoms with Crippen LogP contribution in [0.25, 0.3) is 0 Å². The molecule has 6 nitrogen and oxygen atoms in total. The van der Waals surface area contributed by atoms with Crippen LogP contribution in [-0.4, -0.2) is 53.0 Å². The average Bonchev–Trinajstić information content (AvgIpc) is 2.62. The Morgan fingerprint density at radius 1 is 1.08 bits per heavy atom. The summed E-state index contributed by atoms with van der Waals surface area (Å²) in [6.07, 6.45) is 2.90. The minimum Gasteiger partial charge on any atom is -0.493 e. The fourth-order valence-electron chi connectivity index (χ4n) is 2.38. The SMILES string of the molecule is CCNC(=NCCCc1ccc(OC)c(OCC)c1)NCCCOC.I. The zero-order valence-corrected chi connectivity index (χ0v) is 18.8. The van der Waals surface area contributed by atoms with Crippen molar-refractivity contribution < 1.29 is 14.2 Å². The number of methoxy groups -OCH3 is 2. The molecule has 0 amide bonds. The van der Waals surface area contributed by atoms with Crippen molar-refractivity contribution in [2.24, 2.45) is 4.99 Å². The average molecular weight is 479 g/mol. The molecular formula is C19H34IN3O3. The van der Waals surface area contributed by atoms with Gasteiger partial charge >= 0.3 is 0 Å². The smallest absolute Gasteiger partial charge is 0.191 e. The van der Waals surface area contributed by atoms with Crippen LogP contribution >= 0.6 is 24.0 Å². The van der Waals surface area contributed by atoms with Gasteiger partial charge in [-0.3, -0.25) is 4.99 Å². The molecule has 150 valence electrons. The van der Waals surface area contributed by atoms with Crippen molar-refractivity contribution in [3.63, 3.8) is 0 Å². The van der Waals surface area contributed by atoms with Crippen molar-refractivity contribution in [2.45, 2.75) is 33.1 Å². The summed E-state index contributed by atoms with van der Waals surface area (Å²) in [6.45, 7) is 7.91. The van der Waals surface area contributed by atoms with E-state index in [-0.39, 0.29) is 24.0 Å². The highest BCUT2D eigenvalue weighted by Gasteiger charge is 2.05. The molecule has 0 aliphatic heterocycles. The largest absolute Gasteiger partial charge is 0.493 e. The van der Waals surface area contributed by atoms with Gasteiger partial charge in [0.1, 0.15) is 0 Å². The molecule has 26 heavy (non-hydrogen) atoms. The number of halogens is 1. The third kappa shape index (κ3) is 10.1. The number of aliphatic imine (C=N–C) groups is 1. The van der Waals surface area contributed by atoms with E-state index < -0.39 is 0 Å². The Kier molecular flexibility index (Phi) is 15.2. The summed E-state index contributed by atoms with van der Waals surface area (Å²) in [7, 11) is 3.38. The molecular weight excluding hydrogens is 445 g/mol. The van der Waals surface area contributed by atoms with Crippen LogP contribution in [0.15, 0.2) is 23.2 Å². The summed E-state index contributed by atoms with van der Waals surface area (Å²) < 4.78 is 16.0. The fourth-order valence-corrected chi connectivity index (χ4v) is 2.38. The third-order valence-electron chi connectivity index (χ3n) is 3.58. The molecule has 0 saturated carbocycles. The van der Waals surface area contributed by atoms with Crippen LogP contribution in [0, 0.1) is 0 Å². The molecule has 2 N–H and O–H groups in total. The fraction of sp³-hybridized carbons (Fsp3) is 0.632. The first kappa shape index (κ1) is 24.8. The van der Waals surface area contributed by atoms with Crippen LogP contribution in [0.3, 0.4) is 0 Å². The topological polar surface area (TPSA) is 64.1 Å². The quantitative estimate of drug-likeness (QED) is 0.209. The van der Waals surface area contributed by atoms with Crippen LogP contribution in [0.5, 0.6) is 11.5 Å². The van der Waals surface area contributed by atoms with Gasteiger partial charge in [-0.05, 0) is 50.8 Å². The molecule has 7 heteroatoms. The maximum atomic E-state index is 5.63. The van der Waals surface area contributed by atoms with Gasteiger partial charge in [-0.15, -0.1) is 24.0 Å².